The molecule has 128 valence electrons. The first kappa shape index (κ1) is 17.5. The second-order valence-corrected chi connectivity index (χ2v) is 6.58. The molecule has 6 heteroatoms. The molecule has 0 saturated heterocycles. The molecule has 0 radical (unpaired) electrons. The van der Waals surface area contributed by atoms with E-state index in [1.54, 1.807) is 48.5 Å². The third-order valence-corrected chi connectivity index (χ3v) is 4.56. The van der Waals surface area contributed by atoms with E-state index in [-0.39, 0.29) is 11.8 Å². The second-order valence-electron chi connectivity index (χ2n) is 5.79. The molecular weight excluding hydrogens is 359 g/mol. The van der Waals surface area contributed by atoms with E-state index < -0.39 is 0 Å². The number of nitrogens with one attached hydrogen (secondary N) is 2. The quantitative estimate of drug-likeness (QED) is 0.754. The largest absolute Gasteiger partial charge is 0.349 e. The number of amides is 2. The first-order valence-corrected chi connectivity index (χ1v) is 8.62. The molecule has 3 rings (SSSR count). The predicted molar refractivity (Wildman–Crippen MR) is 101 cm³/mol. The summed E-state index contributed by atoms with van der Waals surface area (Å²) in [5.74, 6) is -0.387. The maximum absolute atomic E-state index is 12.0. The van der Waals surface area contributed by atoms with Crippen molar-refractivity contribution in [1.29, 1.82) is 0 Å². The highest BCUT2D eigenvalue weighted by Gasteiger charge is 2.23. The third-order valence-electron chi connectivity index (χ3n) is 3.72. The van der Waals surface area contributed by atoms with Crippen molar-refractivity contribution >= 4 is 46.8 Å². The highest BCUT2D eigenvalue weighted by molar-refractivity contribution is 6.42. The topological polar surface area (TPSA) is 58.2 Å². The van der Waals surface area contributed by atoms with E-state index >= 15 is 0 Å². The monoisotopic (exact) mass is 374 g/mol. The molecule has 0 heterocycles. The molecule has 1 aliphatic carbocycles. The molecule has 1 aliphatic rings. The maximum Gasteiger partial charge on any atom is 0.251 e. The van der Waals surface area contributed by atoms with Crippen LogP contribution in [0.15, 0.2) is 48.5 Å². The Kier molecular flexibility index (Phi) is 5.41. The molecule has 2 aromatic rings. The third kappa shape index (κ3) is 4.84. The van der Waals surface area contributed by atoms with E-state index in [0.29, 0.717) is 32.9 Å². The Bertz CT molecular complexity index is 828. The predicted octanol–water partition coefficient (Wildman–Crippen LogP) is 4.54. The molecule has 1 saturated carbocycles. The summed E-state index contributed by atoms with van der Waals surface area (Å²) in [5.41, 5.74) is 1.84. The van der Waals surface area contributed by atoms with Gasteiger partial charge in [-0.2, -0.15) is 0 Å². The Balaban J connectivity index is 1.59. The van der Waals surface area contributed by atoms with Gasteiger partial charge in [-0.3, -0.25) is 9.59 Å². The Morgan fingerprint density at radius 3 is 2.44 bits per heavy atom. The van der Waals surface area contributed by atoms with Crippen molar-refractivity contribution in [3.8, 4) is 0 Å². The second kappa shape index (κ2) is 7.72. The molecule has 0 aliphatic heterocycles. The number of hydrogen-bond acceptors (Lipinski definition) is 2. The molecule has 25 heavy (non-hydrogen) atoms. The summed E-state index contributed by atoms with van der Waals surface area (Å²) in [6.07, 6.45) is 5.07. The van der Waals surface area contributed by atoms with Crippen molar-refractivity contribution in [2.24, 2.45) is 0 Å². The van der Waals surface area contributed by atoms with Gasteiger partial charge in [-0.15, -0.1) is 0 Å². The van der Waals surface area contributed by atoms with E-state index in [1.165, 1.54) is 6.08 Å². The van der Waals surface area contributed by atoms with E-state index in [2.05, 4.69) is 10.6 Å². The Morgan fingerprint density at radius 2 is 1.76 bits per heavy atom. The van der Waals surface area contributed by atoms with Crippen LogP contribution in [0, 0.1) is 0 Å². The van der Waals surface area contributed by atoms with Gasteiger partial charge in [0, 0.05) is 23.4 Å². The number of rotatable bonds is 5. The van der Waals surface area contributed by atoms with Gasteiger partial charge in [-0.1, -0.05) is 35.3 Å². The average Bonchev–Trinajstić information content (AvgIpc) is 3.41. The maximum atomic E-state index is 12.0. The fourth-order valence-corrected chi connectivity index (χ4v) is 2.57. The van der Waals surface area contributed by atoms with Crippen LogP contribution < -0.4 is 10.6 Å². The standard InChI is InChI=1S/C19H16Cl2N2O2/c20-16-3-1-2-12(18(16)21)6-11-17(24)22-14-7-4-13(5-8-14)19(25)23-15-9-10-15/h1-8,11,15H,9-10H2,(H,22,24)(H,23,25)/b11-6+. The lowest BCUT2D eigenvalue weighted by Gasteiger charge is -2.06. The number of carbonyl (C=O) groups excluding carboxylic acids is 2. The molecular formula is C19H16Cl2N2O2. The SMILES string of the molecule is O=C(/C=C/c1cccc(Cl)c1Cl)Nc1ccc(C(=O)NC2CC2)cc1. The molecule has 0 aromatic heterocycles. The number of carbonyl (C=O) groups is 2. The summed E-state index contributed by atoms with van der Waals surface area (Å²) in [7, 11) is 0. The van der Waals surface area contributed by atoms with Crippen LogP contribution in [0.25, 0.3) is 6.08 Å². The molecule has 4 nitrogen and oxygen atoms in total. The first-order valence-electron chi connectivity index (χ1n) is 7.87. The van der Waals surface area contributed by atoms with Gasteiger partial charge in [0.2, 0.25) is 5.91 Å². The summed E-state index contributed by atoms with van der Waals surface area (Å²) in [6.45, 7) is 0. The summed E-state index contributed by atoms with van der Waals surface area (Å²) in [5, 5.41) is 6.49. The van der Waals surface area contributed by atoms with E-state index in [4.69, 9.17) is 23.2 Å². The Labute approximate surface area is 155 Å². The molecule has 1 fully saturated rings. The molecule has 2 amide bonds. The highest BCUT2D eigenvalue weighted by Crippen LogP contribution is 2.26. The molecule has 0 spiro atoms. The van der Waals surface area contributed by atoms with Gasteiger partial charge < -0.3 is 10.6 Å². The van der Waals surface area contributed by atoms with Crippen molar-refractivity contribution in [2.45, 2.75) is 18.9 Å². The minimum absolute atomic E-state index is 0.0872. The van der Waals surface area contributed by atoms with Gasteiger partial charge in [0.15, 0.2) is 0 Å². The van der Waals surface area contributed by atoms with Gasteiger partial charge in [-0.25, -0.2) is 0 Å². The Morgan fingerprint density at radius 1 is 1.04 bits per heavy atom. The molecule has 2 N–H and O–H groups in total. The van der Waals surface area contributed by atoms with Crippen LogP contribution in [0.1, 0.15) is 28.8 Å². The zero-order valence-corrected chi connectivity index (χ0v) is 14.8. The summed E-state index contributed by atoms with van der Waals surface area (Å²) < 4.78 is 0. The highest BCUT2D eigenvalue weighted by atomic mass is 35.5. The summed E-state index contributed by atoms with van der Waals surface area (Å²) >= 11 is 12.0. The fourth-order valence-electron chi connectivity index (χ4n) is 2.20. The van der Waals surface area contributed by atoms with Gasteiger partial charge >= 0.3 is 0 Å². The lowest BCUT2D eigenvalue weighted by molar-refractivity contribution is -0.111. The smallest absolute Gasteiger partial charge is 0.251 e. The number of halogens is 2. The summed E-state index contributed by atoms with van der Waals surface area (Å²) in [6, 6.07) is 12.3. The van der Waals surface area contributed by atoms with Crippen LogP contribution in [-0.4, -0.2) is 17.9 Å². The lowest BCUT2D eigenvalue weighted by atomic mass is 10.2. The molecule has 0 atom stereocenters. The van der Waals surface area contributed by atoms with Crippen LogP contribution in [0.5, 0.6) is 0 Å². The number of hydrogen-bond donors (Lipinski definition) is 2. The normalized spacial score (nSPS) is 13.7. The van der Waals surface area contributed by atoms with Crippen molar-refractivity contribution in [1.82, 2.24) is 5.32 Å². The van der Waals surface area contributed by atoms with Gasteiger partial charge in [-0.05, 0) is 54.8 Å². The summed E-state index contributed by atoms with van der Waals surface area (Å²) in [4.78, 5) is 23.9. The van der Waals surface area contributed by atoms with Gasteiger partial charge in [0.1, 0.15) is 0 Å². The van der Waals surface area contributed by atoms with E-state index in [1.807, 2.05) is 0 Å². The van der Waals surface area contributed by atoms with E-state index in [0.717, 1.165) is 12.8 Å². The zero-order chi connectivity index (χ0) is 17.8. The van der Waals surface area contributed by atoms with Crippen LogP contribution in [0.4, 0.5) is 5.69 Å². The van der Waals surface area contributed by atoms with Crippen LogP contribution in [0.3, 0.4) is 0 Å². The van der Waals surface area contributed by atoms with Crippen molar-refractivity contribution in [3.63, 3.8) is 0 Å². The van der Waals surface area contributed by atoms with Crippen LogP contribution in [-0.2, 0) is 4.79 Å². The van der Waals surface area contributed by atoms with Crippen molar-refractivity contribution in [3.05, 3.63) is 69.7 Å². The van der Waals surface area contributed by atoms with Gasteiger partial charge in [0.25, 0.3) is 5.91 Å². The first-order chi connectivity index (χ1) is 12.0. The number of anilines is 1. The fraction of sp³-hybridized carbons (Fsp3) is 0.158. The molecule has 2 aromatic carbocycles. The van der Waals surface area contributed by atoms with Gasteiger partial charge in [0.05, 0.1) is 10.0 Å². The van der Waals surface area contributed by atoms with Crippen molar-refractivity contribution in [2.75, 3.05) is 5.32 Å². The molecule has 0 unspecified atom stereocenters. The lowest BCUT2D eigenvalue weighted by Crippen LogP contribution is -2.25. The molecule has 0 bridgehead atoms. The minimum atomic E-state index is -0.300. The van der Waals surface area contributed by atoms with E-state index in [9.17, 15) is 9.59 Å². The Hall–Kier alpha value is -2.30. The van der Waals surface area contributed by atoms with Crippen molar-refractivity contribution < 1.29 is 9.59 Å². The van der Waals surface area contributed by atoms with Crippen LogP contribution in [0.2, 0.25) is 10.0 Å². The average molecular weight is 375 g/mol. The van der Waals surface area contributed by atoms with Crippen LogP contribution >= 0.6 is 23.2 Å². The zero-order valence-electron chi connectivity index (χ0n) is 13.3. The minimum Gasteiger partial charge on any atom is -0.349 e. The number of benzene rings is 2.